The molecule has 1 saturated heterocycles. The van der Waals surface area contributed by atoms with Crippen LogP contribution in [0.15, 0.2) is 6.33 Å². The van der Waals surface area contributed by atoms with E-state index >= 15 is 0 Å². The average Bonchev–Trinajstić information content (AvgIpc) is 2.65. The number of likely N-dealkylation sites (tertiary alicyclic amines) is 1. The van der Waals surface area contributed by atoms with Crippen LogP contribution in [0.3, 0.4) is 0 Å². The lowest BCUT2D eigenvalue weighted by Gasteiger charge is -2.12. The molecular formula is C8H14N4. The monoisotopic (exact) mass is 166 g/mol. The van der Waals surface area contributed by atoms with Crippen molar-refractivity contribution >= 4 is 0 Å². The second-order valence-electron chi connectivity index (χ2n) is 3.34. The molecule has 66 valence electrons. The minimum atomic E-state index is 0.955. The lowest BCUT2D eigenvalue weighted by molar-refractivity contribution is 0.318. The predicted octanol–water partition coefficient (Wildman–Crippen LogP) is 0.411. The van der Waals surface area contributed by atoms with Gasteiger partial charge in [0.15, 0.2) is 0 Å². The van der Waals surface area contributed by atoms with E-state index in [4.69, 9.17) is 0 Å². The highest BCUT2D eigenvalue weighted by Crippen LogP contribution is 2.10. The Balaban J connectivity index is 1.98. The van der Waals surface area contributed by atoms with Crippen LogP contribution in [0.1, 0.15) is 18.7 Å². The van der Waals surface area contributed by atoms with Crippen molar-refractivity contribution in [3.8, 4) is 0 Å². The number of hydrogen-bond acceptors (Lipinski definition) is 3. The van der Waals surface area contributed by atoms with Gasteiger partial charge in [-0.1, -0.05) is 0 Å². The molecular weight excluding hydrogens is 152 g/mol. The summed E-state index contributed by atoms with van der Waals surface area (Å²) in [6, 6.07) is 0. The van der Waals surface area contributed by atoms with E-state index in [1.165, 1.54) is 25.9 Å². The van der Waals surface area contributed by atoms with Crippen LogP contribution in [0.25, 0.3) is 0 Å². The maximum atomic E-state index is 4.05. The SMILES string of the molecule is Cn1cnnc1CN1CCCC1. The molecule has 2 rings (SSSR count). The Morgan fingerprint density at radius 1 is 1.42 bits per heavy atom. The fraction of sp³-hybridized carbons (Fsp3) is 0.750. The summed E-state index contributed by atoms with van der Waals surface area (Å²) >= 11 is 0. The molecule has 0 saturated carbocycles. The lowest BCUT2D eigenvalue weighted by atomic mass is 10.4. The molecule has 1 aliphatic heterocycles. The van der Waals surface area contributed by atoms with Crippen molar-refractivity contribution in [2.24, 2.45) is 7.05 Å². The fourth-order valence-electron chi connectivity index (χ4n) is 1.59. The van der Waals surface area contributed by atoms with E-state index in [9.17, 15) is 0 Å². The third-order valence-corrected chi connectivity index (χ3v) is 2.37. The van der Waals surface area contributed by atoms with E-state index in [0.717, 1.165) is 12.4 Å². The van der Waals surface area contributed by atoms with Crippen molar-refractivity contribution in [1.82, 2.24) is 19.7 Å². The Labute approximate surface area is 72.2 Å². The third kappa shape index (κ3) is 1.48. The predicted molar refractivity (Wildman–Crippen MR) is 45.5 cm³/mol. The van der Waals surface area contributed by atoms with Gasteiger partial charge in [0.25, 0.3) is 0 Å². The highest BCUT2D eigenvalue weighted by atomic mass is 15.3. The van der Waals surface area contributed by atoms with E-state index in [1.807, 2.05) is 11.6 Å². The van der Waals surface area contributed by atoms with Crippen molar-refractivity contribution in [3.63, 3.8) is 0 Å². The second-order valence-corrected chi connectivity index (χ2v) is 3.34. The van der Waals surface area contributed by atoms with Crippen LogP contribution < -0.4 is 0 Å². The average molecular weight is 166 g/mol. The summed E-state index contributed by atoms with van der Waals surface area (Å²) in [5.41, 5.74) is 0. The molecule has 1 aromatic heterocycles. The van der Waals surface area contributed by atoms with E-state index in [0.29, 0.717) is 0 Å². The van der Waals surface area contributed by atoms with Gasteiger partial charge in [-0.2, -0.15) is 0 Å². The molecule has 1 aliphatic rings. The van der Waals surface area contributed by atoms with Crippen LogP contribution in [-0.2, 0) is 13.6 Å². The lowest BCUT2D eigenvalue weighted by Crippen LogP contribution is -2.20. The van der Waals surface area contributed by atoms with Gasteiger partial charge in [0.05, 0.1) is 6.54 Å². The molecule has 1 aromatic rings. The Morgan fingerprint density at radius 3 is 2.75 bits per heavy atom. The zero-order chi connectivity index (χ0) is 8.39. The molecule has 0 N–H and O–H groups in total. The minimum absolute atomic E-state index is 0.955. The van der Waals surface area contributed by atoms with E-state index in [-0.39, 0.29) is 0 Å². The van der Waals surface area contributed by atoms with Crippen molar-refractivity contribution in [1.29, 1.82) is 0 Å². The van der Waals surface area contributed by atoms with Gasteiger partial charge in [-0.15, -0.1) is 10.2 Å². The number of hydrogen-bond donors (Lipinski definition) is 0. The maximum Gasteiger partial charge on any atom is 0.146 e. The van der Waals surface area contributed by atoms with Crippen molar-refractivity contribution < 1.29 is 0 Å². The third-order valence-electron chi connectivity index (χ3n) is 2.37. The second kappa shape index (κ2) is 3.23. The maximum absolute atomic E-state index is 4.05. The molecule has 1 fully saturated rings. The van der Waals surface area contributed by atoms with Gasteiger partial charge in [0.1, 0.15) is 12.2 Å². The molecule has 0 atom stereocenters. The number of nitrogens with zero attached hydrogens (tertiary/aromatic N) is 4. The highest BCUT2D eigenvalue weighted by Gasteiger charge is 2.13. The van der Waals surface area contributed by atoms with Gasteiger partial charge in [-0.25, -0.2) is 0 Å². The summed E-state index contributed by atoms with van der Waals surface area (Å²) in [7, 11) is 1.99. The standard InChI is InChI=1S/C8H14N4/c1-11-7-9-10-8(11)6-12-4-2-3-5-12/h7H,2-6H2,1H3. The van der Waals surface area contributed by atoms with Crippen LogP contribution in [-0.4, -0.2) is 32.8 Å². The number of aromatic nitrogens is 3. The Morgan fingerprint density at radius 2 is 2.17 bits per heavy atom. The van der Waals surface area contributed by atoms with Gasteiger partial charge in [0, 0.05) is 7.05 Å². The van der Waals surface area contributed by atoms with Crippen LogP contribution in [0.5, 0.6) is 0 Å². The summed E-state index contributed by atoms with van der Waals surface area (Å²) in [6.45, 7) is 3.39. The molecule has 2 heterocycles. The zero-order valence-electron chi connectivity index (χ0n) is 7.40. The summed E-state index contributed by atoms with van der Waals surface area (Å²) in [5, 5.41) is 7.90. The Kier molecular flexibility index (Phi) is 2.08. The first kappa shape index (κ1) is 7.73. The number of aryl methyl sites for hydroxylation is 1. The molecule has 0 unspecified atom stereocenters. The molecule has 0 aromatic carbocycles. The molecule has 4 nitrogen and oxygen atoms in total. The van der Waals surface area contributed by atoms with E-state index in [2.05, 4.69) is 15.1 Å². The Hall–Kier alpha value is -0.900. The van der Waals surface area contributed by atoms with Gasteiger partial charge < -0.3 is 4.57 Å². The molecule has 0 amide bonds. The minimum Gasteiger partial charge on any atom is -0.320 e. The summed E-state index contributed by atoms with van der Waals surface area (Å²) in [6.07, 6.45) is 4.42. The van der Waals surface area contributed by atoms with E-state index in [1.54, 1.807) is 6.33 Å². The molecule has 12 heavy (non-hydrogen) atoms. The van der Waals surface area contributed by atoms with Gasteiger partial charge in [0.2, 0.25) is 0 Å². The van der Waals surface area contributed by atoms with Crippen LogP contribution in [0.2, 0.25) is 0 Å². The normalized spacial score (nSPS) is 18.8. The van der Waals surface area contributed by atoms with Gasteiger partial charge >= 0.3 is 0 Å². The van der Waals surface area contributed by atoms with Crippen LogP contribution >= 0.6 is 0 Å². The highest BCUT2D eigenvalue weighted by molar-refractivity contribution is 4.85. The molecule has 0 radical (unpaired) electrons. The van der Waals surface area contributed by atoms with E-state index < -0.39 is 0 Å². The summed E-state index contributed by atoms with van der Waals surface area (Å²) < 4.78 is 1.98. The van der Waals surface area contributed by atoms with Gasteiger partial charge in [-0.3, -0.25) is 4.90 Å². The molecule has 0 bridgehead atoms. The molecule has 4 heteroatoms. The topological polar surface area (TPSA) is 34.0 Å². The fourth-order valence-corrected chi connectivity index (χ4v) is 1.59. The zero-order valence-corrected chi connectivity index (χ0v) is 7.40. The smallest absolute Gasteiger partial charge is 0.146 e. The van der Waals surface area contributed by atoms with Crippen molar-refractivity contribution in [3.05, 3.63) is 12.2 Å². The first-order valence-electron chi connectivity index (χ1n) is 4.41. The van der Waals surface area contributed by atoms with Crippen LogP contribution in [0, 0.1) is 0 Å². The van der Waals surface area contributed by atoms with Crippen LogP contribution in [0.4, 0.5) is 0 Å². The number of rotatable bonds is 2. The molecule has 0 spiro atoms. The first-order valence-corrected chi connectivity index (χ1v) is 4.41. The van der Waals surface area contributed by atoms with Crippen molar-refractivity contribution in [2.75, 3.05) is 13.1 Å². The largest absolute Gasteiger partial charge is 0.320 e. The first-order chi connectivity index (χ1) is 5.86. The van der Waals surface area contributed by atoms with Gasteiger partial charge in [-0.05, 0) is 25.9 Å². The molecule has 0 aliphatic carbocycles. The van der Waals surface area contributed by atoms with Crippen molar-refractivity contribution in [2.45, 2.75) is 19.4 Å². The summed E-state index contributed by atoms with van der Waals surface area (Å²) in [5.74, 6) is 1.07. The summed E-state index contributed by atoms with van der Waals surface area (Å²) in [4.78, 5) is 2.42. The quantitative estimate of drug-likeness (QED) is 0.638. The Bertz CT molecular complexity index is 249.